The number of hydrogen-bond acceptors (Lipinski definition) is 5. The smallest absolute Gasteiger partial charge is 0.239 e. The molecule has 0 unspecified atom stereocenters. The number of nitrogens with one attached hydrogen (secondary N) is 1. The minimum atomic E-state index is 0.00428. The lowest BCUT2D eigenvalue weighted by Gasteiger charge is -2.18. The summed E-state index contributed by atoms with van der Waals surface area (Å²) in [6, 6.07) is 12.3. The van der Waals surface area contributed by atoms with Crippen LogP contribution in [0.2, 0.25) is 0 Å². The Bertz CT molecular complexity index is 831. The maximum Gasteiger partial charge on any atom is 0.239 e. The molecule has 1 N–H and O–H groups in total. The number of aromatic nitrogens is 2. The minimum absolute atomic E-state index is 0.00428. The second kappa shape index (κ2) is 7.40. The third kappa shape index (κ3) is 3.54. The quantitative estimate of drug-likeness (QED) is 0.748. The molecule has 2 aromatic heterocycles. The van der Waals surface area contributed by atoms with Gasteiger partial charge in [0.1, 0.15) is 17.0 Å². The summed E-state index contributed by atoms with van der Waals surface area (Å²) in [6.07, 6.45) is 2.49. The average molecular weight is 340 g/mol. The van der Waals surface area contributed by atoms with E-state index in [1.165, 1.54) is 0 Å². The van der Waals surface area contributed by atoms with Crippen LogP contribution in [-0.2, 0) is 4.79 Å². The van der Waals surface area contributed by atoms with Gasteiger partial charge in [-0.3, -0.25) is 4.79 Å². The van der Waals surface area contributed by atoms with Crippen LogP contribution in [0.1, 0.15) is 13.3 Å². The first-order chi connectivity index (χ1) is 11.7. The summed E-state index contributed by atoms with van der Waals surface area (Å²) in [4.78, 5) is 24.7. The largest absolute Gasteiger partial charge is 0.355 e. The van der Waals surface area contributed by atoms with Crippen LogP contribution in [0.25, 0.3) is 20.7 Å². The number of thiophene rings is 1. The number of carbonyl (C=O) groups excluding carboxylic acids is 1. The Morgan fingerprint density at radius 3 is 2.79 bits per heavy atom. The van der Waals surface area contributed by atoms with Crippen LogP contribution in [0.5, 0.6) is 0 Å². The third-order valence-corrected chi connectivity index (χ3v) is 4.77. The Labute approximate surface area is 145 Å². The molecule has 0 aliphatic carbocycles. The number of anilines is 1. The van der Waals surface area contributed by atoms with Crippen molar-refractivity contribution in [2.75, 3.05) is 25.0 Å². The second-order valence-electron chi connectivity index (χ2n) is 5.60. The van der Waals surface area contributed by atoms with Crippen molar-refractivity contribution in [3.63, 3.8) is 0 Å². The highest BCUT2D eigenvalue weighted by Gasteiger charge is 2.15. The lowest BCUT2D eigenvalue weighted by Crippen LogP contribution is -2.35. The van der Waals surface area contributed by atoms with Gasteiger partial charge in [-0.15, -0.1) is 11.3 Å². The monoisotopic (exact) mass is 340 g/mol. The number of benzene rings is 1. The number of likely N-dealkylation sites (N-methyl/N-ethyl adjacent to an activating group) is 1. The molecule has 0 saturated carbocycles. The summed E-state index contributed by atoms with van der Waals surface area (Å²) in [6.45, 7) is 3.01. The van der Waals surface area contributed by atoms with Gasteiger partial charge in [-0.25, -0.2) is 9.97 Å². The Kier molecular flexibility index (Phi) is 5.05. The normalized spacial score (nSPS) is 10.8. The Hall–Kier alpha value is -2.47. The molecule has 3 aromatic rings. The van der Waals surface area contributed by atoms with Gasteiger partial charge in [0.05, 0.1) is 11.9 Å². The molecule has 1 amide bonds. The van der Waals surface area contributed by atoms with Crippen molar-refractivity contribution >= 4 is 33.3 Å². The zero-order valence-corrected chi connectivity index (χ0v) is 14.6. The van der Waals surface area contributed by atoms with E-state index in [1.54, 1.807) is 17.7 Å². The molecular weight excluding hydrogens is 320 g/mol. The number of carbonyl (C=O) groups is 1. The van der Waals surface area contributed by atoms with Crippen molar-refractivity contribution in [2.24, 2.45) is 0 Å². The van der Waals surface area contributed by atoms with Gasteiger partial charge in [0.25, 0.3) is 0 Å². The van der Waals surface area contributed by atoms with E-state index in [-0.39, 0.29) is 12.5 Å². The molecule has 3 rings (SSSR count). The predicted octanol–water partition coefficient (Wildman–Crippen LogP) is 3.32. The number of rotatable bonds is 6. The van der Waals surface area contributed by atoms with E-state index in [0.717, 1.165) is 32.9 Å². The van der Waals surface area contributed by atoms with E-state index in [4.69, 9.17) is 0 Å². The van der Waals surface area contributed by atoms with Crippen LogP contribution >= 0.6 is 11.3 Å². The lowest BCUT2D eigenvalue weighted by atomic mass is 10.2. The highest BCUT2D eigenvalue weighted by atomic mass is 32.1. The first-order valence-electron chi connectivity index (χ1n) is 7.97. The molecular formula is C18H20N4OS. The molecule has 124 valence electrons. The average Bonchev–Trinajstić information content (AvgIpc) is 3.04. The molecule has 0 saturated heterocycles. The fraction of sp³-hybridized carbons (Fsp3) is 0.278. The van der Waals surface area contributed by atoms with Crippen molar-refractivity contribution in [2.45, 2.75) is 13.3 Å². The molecule has 0 radical (unpaired) electrons. The molecule has 6 heteroatoms. The van der Waals surface area contributed by atoms with Gasteiger partial charge in [-0.05, 0) is 18.1 Å². The maximum atomic E-state index is 12.0. The van der Waals surface area contributed by atoms with Gasteiger partial charge in [-0.1, -0.05) is 37.3 Å². The topological polar surface area (TPSA) is 58.1 Å². The summed E-state index contributed by atoms with van der Waals surface area (Å²) in [5.41, 5.74) is 1.16. The van der Waals surface area contributed by atoms with Gasteiger partial charge in [0, 0.05) is 18.5 Å². The predicted molar refractivity (Wildman–Crippen MR) is 99.4 cm³/mol. The van der Waals surface area contributed by atoms with Crippen LogP contribution in [-0.4, -0.2) is 36.0 Å². The highest BCUT2D eigenvalue weighted by Crippen LogP contribution is 2.35. The van der Waals surface area contributed by atoms with E-state index in [2.05, 4.69) is 33.5 Å². The summed E-state index contributed by atoms with van der Waals surface area (Å²) in [5, 5.41) is 3.87. The minimum Gasteiger partial charge on any atom is -0.355 e. The Morgan fingerprint density at radius 2 is 2.04 bits per heavy atom. The van der Waals surface area contributed by atoms with Crippen LogP contribution < -0.4 is 10.2 Å². The molecule has 1 aromatic carbocycles. The summed E-state index contributed by atoms with van der Waals surface area (Å²) >= 11 is 1.64. The van der Waals surface area contributed by atoms with Gasteiger partial charge >= 0.3 is 0 Å². The molecule has 0 aliphatic rings. The second-order valence-corrected chi connectivity index (χ2v) is 6.63. The molecule has 0 atom stereocenters. The van der Waals surface area contributed by atoms with E-state index in [1.807, 2.05) is 37.1 Å². The van der Waals surface area contributed by atoms with Crippen LogP contribution in [0.3, 0.4) is 0 Å². The standard InChI is InChI=1S/C18H20N4OS/c1-3-9-19-16(23)11-22(2)17-14-10-15(13-7-5-4-6-8-13)24-18(14)21-12-20-17/h4-8,10,12H,3,9,11H2,1-2H3,(H,19,23). The number of fused-ring (bicyclic) bond motifs is 1. The number of amides is 1. The van der Waals surface area contributed by atoms with Gasteiger partial charge in [0.15, 0.2) is 0 Å². The molecule has 0 fully saturated rings. The van der Waals surface area contributed by atoms with E-state index in [9.17, 15) is 4.79 Å². The van der Waals surface area contributed by atoms with Gasteiger partial charge in [-0.2, -0.15) is 0 Å². The molecule has 5 nitrogen and oxygen atoms in total. The first kappa shape index (κ1) is 16.4. The van der Waals surface area contributed by atoms with E-state index in [0.29, 0.717) is 6.54 Å². The fourth-order valence-electron chi connectivity index (χ4n) is 2.50. The van der Waals surface area contributed by atoms with E-state index >= 15 is 0 Å². The summed E-state index contributed by atoms with van der Waals surface area (Å²) in [7, 11) is 1.88. The van der Waals surface area contributed by atoms with Gasteiger partial charge in [0.2, 0.25) is 5.91 Å². The SMILES string of the molecule is CCCNC(=O)CN(C)c1ncnc2sc(-c3ccccc3)cc12. The van der Waals surface area contributed by atoms with Crippen LogP contribution in [0, 0.1) is 0 Å². The van der Waals surface area contributed by atoms with Crippen LogP contribution in [0.15, 0.2) is 42.7 Å². The van der Waals surface area contributed by atoms with Crippen molar-refractivity contribution in [3.05, 3.63) is 42.7 Å². The molecule has 24 heavy (non-hydrogen) atoms. The first-order valence-corrected chi connectivity index (χ1v) is 8.78. The molecule has 0 aliphatic heterocycles. The fourth-order valence-corrected chi connectivity index (χ4v) is 3.50. The molecule has 2 heterocycles. The van der Waals surface area contributed by atoms with Crippen LogP contribution in [0.4, 0.5) is 5.82 Å². The zero-order chi connectivity index (χ0) is 16.9. The number of hydrogen-bond donors (Lipinski definition) is 1. The maximum absolute atomic E-state index is 12.0. The zero-order valence-electron chi connectivity index (χ0n) is 13.8. The Balaban J connectivity index is 1.88. The summed E-state index contributed by atoms with van der Waals surface area (Å²) < 4.78 is 0. The van der Waals surface area contributed by atoms with Crippen molar-refractivity contribution < 1.29 is 4.79 Å². The summed E-state index contributed by atoms with van der Waals surface area (Å²) in [5.74, 6) is 0.787. The molecule has 0 bridgehead atoms. The van der Waals surface area contributed by atoms with Gasteiger partial charge < -0.3 is 10.2 Å². The third-order valence-electron chi connectivity index (χ3n) is 3.68. The lowest BCUT2D eigenvalue weighted by molar-refractivity contribution is -0.119. The Morgan fingerprint density at radius 1 is 1.25 bits per heavy atom. The van der Waals surface area contributed by atoms with Crippen molar-refractivity contribution in [1.29, 1.82) is 0 Å². The highest BCUT2D eigenvalue weighted by molar-refractivity contribution is 7.21. The van der Waals surface area contributed by atoms with E-state index < -0.39 is 0 Å². The van der Waals surface area contributed by atoms with Crippen molar-refractivity contribution in [1.82, 2.24) is 15.3 Å². The molecule has 0 spiro atoms. The van der Waals surface area contributed by atoms with Crippen molar-refractivity contribution in [3.8, 4) is 10.4 Å². The number of nitrogens with zero attached hydrogens (tertiary/aromatic N) is 3.